The zero-order valence-electron chi connectivity index (χ0n) is 11.7. The lowest BCUT2D eigenvalue weighted by Gasteiger charge is -2.24. The number of thioether (sulfide) groups is 1. The first-order valence-electron chi connectivity index (χ1n) is 7.31. The van der Waals surface area contributed by atoms with Crippen molar-refractivity contribution in [3.05, 3.63) is 29.8 Å². The summed E-state index contributed by atoms with van der Waals surface area (Å²) in [6.07, 6.45) is 3.66. The van der Waals surface area contributed by atoms with Crippen LogP contribution in [0, 0.1) is 0 Å². The van der Waals surface area contributed by atoms with E-state index in [-0.39, 0.29) is 11.8 Å². The Morgan fingerprint density at radius 1 is 1.30 bits per heavy atom. The van der Waals surface area contributed by atoms with Crippen LogP contribution in [-0.4, -0.2) is 31.2 Å². The molecule has 0 bridgehead atoms. The van der Waals surface area contributed by atoms with Gasteiger partial charge in [0.2, 0.25) is 0 Å². The Balaban J connectivity index is 1.80. The highest BCUT2D eigenvalue weighted by Crippen LogP contribution is 2.36. The van der Waals surface area contributed by atoms with Crippen LogP contribution in [-0.2, 0) is 9.84 Å². The minimum Gasteiger partial charge on any atom is -0.305 e. The van der Waals surface area contributed by atoms with E-state index in [0.717, 1.165) is 17.7 Å². The van der Waals surface area contributed by atoms with E-state index in [9.17, 15) is 8.42 Å². The van der Waals surface area contributed by atoms with Crippen molar-refractivity contribution in [1.29, 1.82) is 0 Å². The summed E-state index contributed by atoms with van der Waals surface area (Å²) in [5.41, 5.74) is 0.958. The normalized spacial score (nSPS) is 31.4. The summed E-state index contributed by atoms with van der Waals surface area (Å²) in [6, 6.07) is 7.85. The lowest BCUT2D eigenvalue weighted by molar-refractivity contribution is 0.470. The predicted octanol–water partition coefficient (Wildman–Crippen LogP) is 2.78. The van der Waals surface area contributed by atoms with E-state index < -0.39 is 9.84 Å². The van der Waals surface area contributed by atoms with Crippen molar-refractivity contribution in [3.63, 3.8) is 0 Å². The van der Waals surface area contributed by atoms with Gasteiger partial charge in [-0.25, -0.2) is 8.42 Å². The molecule has 1 N–H and O–H groups in total. The fraction of sp³-hybridized carbons (Fsp3) is 0.600. The van der Waals surface area contributed by atoms with Crippen molar-refractivity contribution in [2.24, 2.45) is 0 Å². The second-order valence-corrected chi connectivity index (χ2v) is 9.09. The molecule has 1 fully saturated rings. The third-order valence-corrected chi connectivity index (χ3v) is 7.40. The molecule has 0 radical (unpaired) electrons. The van der Waals surface area contributed by atoms with Gasteiger partial charge in [-0.2, -0.15) is 11.8 Å². The second kappa shape index (κ2) is 5.70. The fourth-order valence-corrected chi connectivity index (χ4v) is 6.34. The van der Waals surface area contributed by atoms with Crippen molar-refractivity contribution in [3.8, 4) is 0 Å². The molecule has 1 heterocycles. The van der Waals surface area contributed by atoms with E-state index in [2.05, 4.69) is 12.2 Å². The van der Waals surface area contributed by atoms with Crippen LogP contribution in [0.5, 0.6) is 0 Å². The number of hydrogen-bond acceptors (Lipinski definition) is 4. The SMILES string of the molecule is CCSC1CCCC1NC1CS(=O)(=O)c2ccccc21. The van der Waals surface area contributed by atoms with Crippen LogP contribution in [0.3, 0.4) is 0 Å². The monoisotopic (exact) mass is 311 g/mol. The number of benzene rings is 1. The molecule has 1 aromatic carbocycles. The van der Waals surface area contributed by atoms with E-state index in [0.29, 0.717) is 16.2 Å². The molecule has 110 valence electrons. The summed E-state index contributed by atoms with van der Waals surface area (Å²) in [5.74, 6) is 1.34. The maximum absolute atomic E-state index is 12.2. The van der Waals surface area contributed by atoms with E-state index in [1.54, 1.807) is 6.07 Å². The molecule has 1 saturated carbocycles. The van der Waals surface area contributed by atoms with Crippen molar-refractivity contribution >= 4 is 21.6 Å². The highest BCUT2D eigenvalue weighted by Gasteiger charge is 2.37. The third kappa shape index (κ3) is 2.63. The van der Waals surface area contributed by atoms with E-state index in [1.165, 1.54) is 12.8 Å². The molecule has 0 spiro atoms. The van der Waals surface area contributed by atoms with Gasteiger partial charge in [0.25, 0.3) is 0 Å². The van der Waals surface area contributed by atoms with Crippen LogP contribution in [0.15, 0.2) is 29.2 Å². The Labute approximate surface area is 125 Å². The van der Waals surface area contributed by atoms with Gasteiger partial charge in [0.05, 0.1) is 10.6 Å². The third-order valence-electron chi connectivity index (χ3n) is 4.26. The van der Waals surface area contributed by atoms with Crippen LogP contribution in [0.2, 0.25) is 0 Å². The molecule has 3 unspecified atom stereocenters. The van der Waals surface area contributed by atoms with Gasteiger partial charge in [0.15, 0.2) is 9.84 Å². The number of sulfone groups is 1. The molecule has 3 nitrogen and oxygen atoms in total. The van der Waals surface area contributed by atoms with Gasteiger partial charge in [0, 0.05) is 17.3 Å². The van der Waals surface area contributed by atoms with Crippen molar-refractivity contribution in [2.45, 2.75) is 48.4 Å². The molecule has 1 aliphatic heterocycles. The maximum atomic E-state index is 12.2. The molecule has 20 heavy (non-hydrogen) atoms. The summed E-state index contributed by atoms with van der Waals surface area (Å²) < 4.78 is 24.4. The van der Waals surface area contributed by atoms with Crippen molar-refractivity contribution in [1.82, 2.24) is 5.32 Å². The summed E-state index contributed by atoms with van der Waals surface area (Å²) in [5, 5.41) is 4.26. The topological polar surface area (TPSA) is 46.2 Å². The fourth-order valence-electron chi connectivity index (χ4n) is 3.38. The van der Waals surface area contributed by atoms with Gasteiger partial charge in [-0.1, -0.05) is 31.5 Å². The average molecular weight is 311 g/mol. The lowest BCUT2D eigenvalue weighted by Crippen LogP contribution is -2.37. The van der Waals surface area contributed by atoms with Gasteiger partial charge >= 0.3 is 0 Å². The Kier molecular flexibility index (Phi) is 4.11. The van der Waals surface area contributed by atoms with Gasteiger partial charge in [-0.15, -0.1) is 0 Å². The second-order valence-electron chi connectivity index (χ2n) is 5.57. The van der Waals surface area contributed by atoms with E-state index in [1.807, 2.05) is 30.0 Å². The van der Waals surface area contributed by atoms with E-state index >= 15 is 0 Å². The quantitative estimate of drug-likeness (QED) is 0.929. The largest absolute Gasteiger partial charge is 0.305 e. The smallest absolute Gasteiger partial charge is 0.180 e. The molecule has 1 aromatic rings. The summed E-state index contributed by atoms with van der Waals surface area (Å²) >= 11 is 2.00. The highest BCUT2D eigenvalue weighted by atomic mass is 32.2. The molecular weight excluding hydrogens is 290 g/mol. The number of nitrogens with one attached hydrogen (secondary N) is 1. The molecular formula is C15H21NO2S2. The van der Waals surface area contributed by atoms with Gasteiger partial charge in [-0.3, -0.25) is 0 Å². The Morgan fingerprint density at radius 3 is 2.90 bits per heavy atom. The van der Waals surface area contributed by atoms with Gasteiger partial charge < -0.3 is 5.32 Å². The van der Waals surface area contributed by atoms with Crippen LogP contribution < -0.4 is 5.32 Å². The Bertz CT molecular complexity index is 585. The maximum Gasteiger partial charge on any atom is 0.180 e. The van der Waals surface area contributed by atoms with Gasteiger partial charge in [0.1, 0.15) is 0 Å². The number of fused-ring (bicyclic) bond motifs is 1. The standard InChI is InChI=1S/C15H21NO2S2/c1-2-19-14-8-5-7-12(14)16-13-10-20(17,18)15-9-4-3-6-11(13)15/h3-4,6,9,12-14,16H,2,5,7-8,10H2,1H3. The van der Waals surface area contributed by atoms with Crippen molar-refractivity contribution in [2.75, 3.05) is 11.5 Å². The lowest BCUT2D eigenvalue weighted by atomic mass is 10.1. The first-order chi connectivity index (χ1) is 9.62. The van der Waals surface area contributed by atoms with Gasteiger partial charge in [-0.05, 0) is 30.2 Å². The molecule has 3 atom stereocenters. The van der Waals surface area contributed by atoms with Crippen molar-refractivity contribution < 1.29 is 8.42 Å². The van der Waals surface area contributed by atoms with E-state index in [4.69, 9.17) is 0 Å². The minimum absolute atomic E-state index is 0.0285. The molecule has 0 saturated heterocycles. The predicted molar refractivity (Wildman–Crippen MR) is 83.9 cm³/mol. The highest BCUT2D eigenvalue weighted by molar-refractivity contribution is 7.99. The summed E-state index contributed by atoms with van der Waals surface area (Å²) in [4.78, 5) is 0.523. The average Bonchev–Trinajstić information content (AvgIpc) is 2.95. The minimum atomic E-state index is -3.10. The molecule has 2 aliphatic rings. The zero-order chi connectivity index (χ0) is 14.2. The molecule has 5 heteroatoms. The van der Waals surface area contributed by atoms with Crippen LogP contribution in [0.1, 0.15) is 37.8 Å². The number of hydrogen-bond donors (Lipinski definition) is 1. The first-order valence-corrected chi connectivity index (χ1v) is 10.0. The summed E-state index contributed by atoms with van der Waals surface area (Å²) in [7, 11) is -3.10. The first kappa shape index (κ1) is 14.4. The molecule has 0 amide bonds. The van der Waals surface area contributed by atoms with Crippen LogP contribution in [0.4, 0.5) is 0 Å². The van der Waals surface area contributed by atoms with Crippen LogP contribution in [0.25, 0.3) is 0 Å². The molecule has 3 rings (SSSR count). The molecule has 1 aliphatic carbocycles. The Morgan fingerprint density at radius 2 is 2.10 bits per heavy atom. The molecule has 0 aromatic heterocycles. The number of rotatable bonds is 4. The zero-order valence-corrected chi connectivity index (χ0v) is 13.3. The van der Waals surface area contributed by atoms with Crippen LogP contribution >= 0.6 is 11.8 Å². The summed E-state index contributed by atoms with van der Waals surface area (Å²) in [6.45, 7) is 2.19. The Hall–Kier alpha value is -0.520.